The number of ketones is 1. The van der Waals surface area contributed by atoms with Gasteiger partial charge in [0.25, 0.3) is 6.43 Å². The number of hydrazine groups is 1. The fourth-order valence-corrected chi connectivity index (χ4v) is 11.0. The van der Waals surface area contributed by atoms with Gasteiger partial charge < -0.3 is 29.5 Å². The molecule has 2 bridgehead atoms. The maximum absolute atomic E-state index is 16.3. The Kier molecular flexibility index (Phi) is 20.6. The first-order valence-corrected chi connectivity index (χ1v) is 28.0. The molecule has 4 aliphatic rings. The third kappa shape index (κ3) is 16.7. The number of aromatic nitrogens is 4. The number of hydrogen-bond acceptors (Lipinski definition) is 15. The summed E-state index contributed by atoms with van der Waals surface area (Å²) < 4.78 is 75.0. The molecule has 4 saturated heterocycles. The van der Waals surface area contributed by atoms with Gasteiger partial charge in [0.15, 0.2) is 5.78 Å². The highest BCUT2D eigenvalue weighted by molar-refractivity contribution is 5.92. The van der Waals surface area contributed by atoms with Gasteiger partial charge in [0.2, 0.25) is 17.8 Å². The van der Waals surface area contributed by atoms with Gasteiger partial charge in [-0.3, -0.25) is 39.0 Å². The van der Waals surface area contributed by atoms with Crippen LogP contribution in [0.2, 0.25) is 0 Å². The van der Waals surface area contributed by atoms with Crippen LogP contribution in [0.3, 0.4) is 0 Å². The highest BCUT2D eigenvalue weighted by atomic mass is 19.3. The smallest absolute Gasteiger partial charge is 0.306 e. The predicted molar refractivity (Wildman–Crippen MR) is 301 cm³/mol. The van der Waals surface area contributed by atoms with Gasteiger partial charge >= 0.3 is 11.9 Å². The van der Waals surface area contributed by atoms with E-state index in [1.54, 1.807) is 99.0 Å². The van der Waals surface area contributed by atoms with Crippen LogP contribution >= 0.6 is 0 Å². The van der Waals surface area contributed by atoms with Crippen LogP contribution in [-0.2, 0) is 57.7 Å². The van der Waals surface area contributed by atoms with Crippen molar-refractivity contribution in [1.29, 1.82) is 0 Å². The average molecular weight is 1160 g/mol. The number of methoxy groups -OCH3 is 2. The Morgan fingerprint density at radius 1 is 0.783 bits per heavy atom. The maximum atomic E-state index is 16.3. The van der Waals surface area contributed by atoms with Gasteiger partial charge in [0.05, 0.1) is 81.6 Å². The first-order valence-electron chi connectivity index (χ1n) is 28.0. The number of carbonyl (C=O) groups is 5. The molecule has 0 saturated carbocycles. The molecule has 18 nitrogen and oxygen atoms in total. The number of nitrogens with one attached hydrogen (secondary N) is 2. The second-order valence-corrected chi connectivity index (χ2v) is 25.3. The Labute approximate surface area is 483 Å². The molecular formula is C61H79F4N9O9. The summed E-state index contributed by atoms with van der Waals surface area (Å²) in [6.07, 6.45) is 0.636. The van der Waals surface area contributed by atoms with Crippen LogP contribution in [0.25, 0.3) is 11.3 Å². The number of carbonyl (C=O) groups excluding carboxylic acids is 5. The summed E-state index contributed by atoms with van der Waals surface area (Å²) in [5.74, 6) is -1.19. The zero-order chi connectivity index (χ0) is 60.7. The third-order valence-corrected chi connectivity index (χ3v) is 15.8. The molecule has 22 heteroatoms. The molecule has 2 amide bonds. The van der Waals surface area contributed by atoms with Crippen molar-refractivity contribution in [2.75, 3.05) is 52.0 Å². The van der Waals surface area contributed by atoms with Crippen molar-refractivity contribution in [3.8, 4) is 23.1 Å². The number of hydrogen-bond donors (Lipinski definition) is 3. The van der Waals surface area contributed by atoms with Crippen LogP contribution < -0.4 is 15.6 Å². The van der Waals surface area contributed by atoms with Gasteiger partial charge in [-0.05, 0) is 70.9 Å². The van der Waals surface area contributed by atoms with Crippen molar-refractivity contribution < 1.29 is 60.9 Å². The van der Waals surface area contributed by atoms with Crippen LogP contribution in [0.4, 0.5) is 23.5 Å². The number of benzene rings is 2. The van der Waals surface area contributed by atoms with Gasteiger partial charge in [-0.1, -0.05) is 86.3 Å². The molecule has 6 heterocycles. The lowest BCUT2D eigenvalue weighted by atomic mass is 9.76. The molecule has 4 fully saturated rings. The molecule has 2 unspecified atom stereocenters. The van der Waals surface area contributed by atoms with Gasteiger partial charge in [0, 0.05) is 80.0 Å². The Morgan fingerprint density at radius 2 is 1.35 bits per heavy atom. The van der Waals surface area contributed by atoms with Crippen molar-refractivity contribution >= 4 is 35.5 Å². The summed E-state index contributed by atoms with van der Waals surface area (Å²) in [4.78, 5) is 82.6. The fourth-order valence-electron chi connectivity index (χ4n) is 11.0. The minimum absolute atomic E-state index is 0.0251. The molecule has 2 aromatic carbocycles. The summed E-state index contributed by atoms with van der Waals surface area (Å²) in [5.41, 5.74) is 1.59. The van der Waals surface area contributed by atoms with Crippen molar-refractivity contribution in [2.45, 2.75) is 144 Å². The standard InChI is InChI=1S/C61H79F4N9O9/c1-59(2,3)45(25-53(77)81-10)56(79)68-55(61(7,8)9)50(75)23-40(20-37-15-12-36(13-16-37)14-17-38-27-66-58(67-28-38)71-29-41-24-42(30-71)74(41)43-34-83-35-43)51(76)32-73(70-57(80)46(60(4,5)6)26-54(78)82-11)31-44-47(62)21-39(22-48(44)63)49-18-19-72(69-49)33-52(64)65/h12-13,15-16,18-19,21-22,27-28,40-43,45-46,51-52,55,76H,20,23-26,29-35H2,1-11H3,(H,68,79)(H,70,80)/t40-,41?,42?,45-,46-,51+,55-/m1/s1. The Balaban J connectivity index is 1.17. The van der Waals surface area contributed by atoms with Gasteiger partial charge in [-0.15, -0.1) is 0 Å². The molecule has 4 aromatic rings. The number of aliphatic hydroxyl groups is 1. The highest BCUT2D eigenvalue weighted by Gasteiger charge is 2.50. The largest absolute Gasteiger partial charge is 0.469 e. The molecule has 0 aliphatic carbocycles. The number of piperazine rings is 1. The molecule has 7 atom stereocenters. The SMILES string of the molecule is COC(=O)C[C@H](C(=O)N[C@H](C(=O)C[C@@H](Cc1ccc(C#Cc2cnc(N3CC4CC(C3)N4C3COC3)nc2)cc1)[C@@H](O)CN(Cc1c(F)cc(-c2ccn(CC(F)F)n2)cc1F)NC(=O)[C@@H](CC(=O)OC)C(C)(C)C)C(C)(C)C)C(C)(C)C. The minimum atomic E-state index is -2.73. The monoisotopic (exact) mass is 1160 g/mol. The number of aliphatic hydroxyl groups excluding tert-OH is 1. The predicted octanol–water partition coefficient (Wildman–Crippen LogP) is 6.94. The van der Waals surface area contributed by atoms with Gasteiger partial charge in [-0.2, -0.15) is 5.10 Å². The summed E-state index contributed by atoms with van der Waals surface area (Å²) in [6.45, 7) is 17.2. The molecule has 2 aromatic heterocycles. The van der Waals surface area contributed by atoms with E-state index >= 15 is 8.78 Å². The maximum Gasteiger partial charge on any atom is 0.306 e. The topological polar surface area (TPSA) is 211 Å². The minimum Gasteiger partial charge on any atom is -0.469 e. The Bertz CT molecular complexity index is 2960. The van der Waals surface area contributed by atoms with E-state index in [2.05, 4.69) is 47.4 Å². The summed E-state index contributed by atoms with van der Waals surface area (Å²) >= 11 is 0. The second kappa shape index (κ2) is 26.8. The number of fused-ring (bicyclic) bond motifs is 2. The van der Waals surface area contributed by atoms with Crippen molar-refractivity contribution in [3.63, 3.8) is 0 Å². The van der Waals surface area contributed by atoms with E-state index < -0.39 is 119 Å². The van der Waals surface area contributed by atoms with E-state index in [1.807, 2.05) is 0 Å². The number of alkyl halides is 2. The summed E-state index contributed by atoms with van der Waals surface area (Å²) in [7, 11) is 2.40. The summed E-state index contributed by atoms with van der Waals surface area (Å²) in [6, 6.07) is 10.7. The second-order valence-electron chi connectivity index (χ2n) is 25.3. The lowest BCUT2D eigenvalue weighted by molar-refractivity contribution is -0.148. The van der Waals surface area contributed by atoms with Crippen molar-refractivity contribution in [3.05, 3.63) is 94.9 Å². The van der Waals surface area contributed by atoms with E-state index in [0.717, 1.165) is 54.5 Å². The van der Waals surface area contributed by atoms with Crippen LogP contribution in [0, 0.1) is 57.5 Å². The number of halogens is 4. The number of anilines is 1. The van der Waals surface area contributed by atoms with Gasteiger partial charge in [0.1, 0.15) is 18.2 Å². The van der Waals surface area contributed by atoms with E-state index in [9.17, 15) is 37.9 Å². The normalized spacial score (nSPS) is 18.4. The van der Waals surface area contributed by atoms with Crippen molar-refractivity contribution in [2.24, 2.45) is 34.0 Å². The molecule has 3 N–H and O–H groups in total. The highest BCUT2D eigenvalue weighted by Crippen LogP contribution is 2.38. The van der Waals surface area contributed by atoms with E-state index in [4.69, 9.17) is 14.2 Å². The van der Waals surface area contributed by atoms with E-state index in [-0.39, 0.29) is 36.9 Å². The quantitative estimate of drug-likeness (QED) is 0.0297. The lowest BCUT2D eigenvalue weighted by Gasteiger charge is -2.60. The number of Topliss-reactive ketones (excluding diaryl/α,β-unsaturated/α-hetero) is 1. The zero-order valence-electron chi connectivity index (χ0n) is 49.3. The Morgan fingerprint density at radius 3 is 1.87 bits per heavy atom. The molecule has 0 spiro atoms. The molecular weight excluding hydrogens is 1080 g/mol. The number of nitrogens with zero attached hydrogens (tertiary/aromatic N) is 7. The number of amides is 2. The fraction of sp³-hybridized carbons (Fsp3) is 0.574. The van der Waals surface area contributed by atoms with Crippen LogP contribution in [-0.4, -0.2) is 148 Å². The molecule has 450 valence electrons. The van der Waals surface area contributed by atoms with Gasteiger partial charge in [-0.25, -0.2) is 32.5 Å². The Hall–Kier alpha value is -6.80. The van der Waals surface area contributed by atoms with Crippen LogP contribution in [0.1, 0.15) is 110 Å². The molecule has 8 rings (SSSR count). The number of ether oxygens (including phenoxy) is 3. The number of piperidine rings is 1. The summed E-state index contributed by atoms with van der Waals surface area (Å²) in [5, 5.41) is 20.6. The van der Waals surface area contributed by atoms with Crippen LogP contribution in [0.15, 0.2) is 61.1 Å². The third-order valence-electron chi connectivity index (χ3n) is 15.8. The molecule has 4 aliphatic heterocycles. The van der Waals surface area contributed by atoms with E-state index in [0.29, 0.717) is 40.8 Å². The first-order chi connectivity index (χ1) is 39.0. The first kappa shape index (κ1) is 63.8. The zero-order valence-corrected chi connectivity index (χ0v) is 49.3. The molecule has 0 radical (unpaired) electrons. The van der Waals surface area contributed by atoms with Crippen molar-refractivity contribution in [1.82, 2.24) is 40.4 Å². The lowest BCUT2D eigenvalue weighted by Crippen LogP contribution is -2.74. The number of rotatable bonds is 23. The number of esters is 2. The van der Waals surface area contributed by atoms with E-state index in [1.165, 1.54) is 26.5 Å². The molecule has 83 heavy (non-hydrogen) atoms. The van der Waals surface area contributed by atoms with Crippen LogP contribution in [0.5, 0.6) is 0 Å². The average Bonchev–Trinajstić information content (AvgIpc) is 1.87.